The normalized spacial score (nSPS) is 21.7. The molecule has 6 nitrogen and oxygen atoms in total. The van der Waals surface area contributed by atoms with Crippen molar-refractivity contribution >= 4 is 26.9 Å². The van der Waals surface area contributed by atoms with Gasteiger partial charge in [-0.1, -0.05) is 12.1 Å². The van der Waals surface area contributed by atoms with Crippen molar-refractivity contribution in [3.8, 4) is 11.3 Å². The van der Waals surface area contributed by atoms with E-state index < -0.39 is 21.4 Å². The number of nitrogens with zero attached hydrogens (tertiary/aromatic N) is 2. The van der Waals surface area contributed by atoms with E-state index in [4.69, 9.17) is 5.73 Å². The van der Waals surface area contributed by atoms with Gasteiger partial charge >= 0.3 is 0 Å². The van der Waals surface area contributed by atoms with Crippen LogP contribution in [0.25, 0.3) is 22.2 Å². The van der Waals surface area contributed by atoms with Crippen molar-refractivity contribution in [3.05, 3.63) is 59.4 Å². The maximum absolute atomic E-state index is 14.7. The van der Waals surface area contributed by atoms with Gasteiger partial charge < -0.3 is 10.7 Å². The Kier molecular flexibility index (Phi) is 4.01. The number of hydrogen-bond donors (Lipinski definition) is 2. The van der Waals surface area contributed by atoms with Gasteiger partial charge in [0.05, 0.1) is 5.75 Å². The molecule has 146 valence electrons. The third-order valence-corrected chi connectivity index (χ3v) is 7.15. The number of benzene rings is 2. The number of hydrogen-bond acceptors (Lipinski definition) is 4. The number of aromatic amines is 1. The van der Waals surface area contributed by atoms with E-state index in [1.807, 2.05) is 31.2 Å². The lowest BCUT2D eigenvalue weighted by Crippen LogP contribution is -2.50. The second-order valence-corrected chi connectivity index (χ2v) is 9.44. The van der Waals surface area contributed by atoms with Crippen LogP contribution in [0.15, 0.2) is 47.5 Å². The van der Waals surface area contributed by atoms with Crippen molar-refractivity contribution in [1.82, 2.24) is 9.29 Å². The van der Waals surface area contributed by atoms with Crippen LogP contribution in [0.1, 0.15) is 18.1 Å². The Morgan fingerprint density at radius 1 is 1.21 bits per heavy atom. The lowest BCUT2D eigenvalue weighted by molar-refractivity contribution is 0.458. The quantitative estimate of drug-likeness (QED) is 0.692. The molecule has 0 spiro atoms. The summed E-state index contributed by atoms with van der Waals surface area (Å²) in [5, 5.41) is 1.04. The van der Waals surface area contributed by atoms with E-state index in [0.29, 0.717) is 0 Å². The standard InChI is InChI=1S/C20H21FN4O2S/c1-12-4-5-14-10-18(23-17(14)8-12)13-6-7-16(21)15(9-13)20(2)11-28(26,27)25(3)19(22)24-20/h4-10,23H,11H2,1-3H3,(H2,22,24)/t20-/m0/s1. The van der Waals surface area contributed by atoms with Gasteiger partial charge in [0, 0.05) is 29.2 Å². The Balaban J connectivity index is 1.85. The van der Waals surface area contributed by atoms with Crippen molar-refractivity contribution in [2.24, 2.45) is 10.7 Å². The smallest absolute Gasteiger partial charge is 0.239 e. The molecule has 0 saturated heterocycles. The zero-order chi connectivity index (χ0) is 20.3. The number of fused-ring (bicyclic) bond motifs is 1. The molecular weight excluding hydrogens is 379 g/mol. The van der Waals surface area contributed by atoms with Crippen molar-refractivity contribution < 1.29 is 12.8 Å². The third kappa shape index (κ3) is 2.93. The molecular formula is C20H21FN4O2S. The Labute approximate surface area is 162 Å². The summed E-state index contributed by atoms with van der Waals surface area (Å²) in [6.07, 6.45) is 0. The molecule has 0 bridgehead atoms. The number of sulfonamides is 1. The van der Waals surface area contributed by atoms with Crippen LogP contribution in [-0.4, -0.2) is 36.5 Å². The molecule has 0 saturated carbocycles. The van der Waals surface area contributed by atoms with Crippen LogP contribution in [0.2, 0.25) is 0 Å². The molecule has 0 unspecified atom stereocenters. The number of aliphatic imine (C=N–C) groups is 1. The Morgan fingerprint density at radius 3 is 2.68 bits per heavy atom. The zero-order valence-electron chi connectivity index (χ0n) is 15.8. The second kappa shape index (κ2) is 6.07. The average molecular weight is 400 g/mol. The molecule has 0 aliphatic carbocycles. The van der Waals surface area contributed by atoms with Gasteiger partial charge in [-0.25, -0.2) is 22.1 Å². The maximum Gasteiger partial charge on any atom is 0.239 e. The molecule has 0 radical (unpaired) electrons. The summed E-state index contributed by atoms with van der Waals surface area (Å²) in [6.45, 7) is 3.60. The molecule has 1 aliphatic heterocycles. The molecule has 2 aromatic carbocycles. The minimum atomic E-state index is -3.68. The number of aromatic nitrogens is 1. The van der Waals surface area contributed by atoms with Gasteiger partial charge in [0.2, 0.25) is 16.0 Å². The first-order valence-electron chi connectivity index (χ1n) is 8.81. The van der Waals surface area contributed by atoms with E-state index >= 15 is 0 Å². The molecule has 1 aliphatic rings. The summed E-state index contributed by atoms with van der Waals surface area (Å²) in [5.41, 5.74) is 8.37. The first-order valence-corrected chi connectivity index (χ1v) is 10.4. The predicted molar refractivity (Wildman–Crippen MR) is 109 cm³/mol. The molecule has 0 fully saturated rings. The minimum Gasteiger partial charge on any atom is -0.369 e. The summed E-state index contributed by atoms with van der Waals surface area (Å²) in [4.78, 5) is 7.64. The fourth-order valence-electron chi connectivity index (χ4n) is 3.59. The summed E-state index contributed by atoms with van der Waals surface area (Å²) < 4.78 is 40.5. The monoisotopic (exact) mass is 400 g/mol. The highest BCUT2D eigenvalue weighted by atomic mass is 32.2. The highest BCUT2D eigenvalue weighted by Gasteiger charge is 2.41. The number of rotatable bonds is 2. The lowest BCUT2D eigenvalue weighted by atomic mass is 9.92. The van der Waals surface area contributed by atoms with Gasteiger partial charge in [0.15, 0.2) is 0 Å². The van der Waals surface area contributed by atoms with Gasteiger partial charge in [-0.05, 0) is 55.3 Å². The molecule has 1 aromatic heterocycles. The molecule has 3 aromatic rings. The Bertz CT molecular complexity index is 1230. The van der Waals surface area contributed by atoms with Crippen molar-refractivity contribution in [3.63, 3.8) is 0 Å². The second-order valence-electron chi connectivity index (χ2n) is 7.44. The van der Waals surface area contributed by atoms with Crippen LogP contribution in [-0.2, 0) is 15.6 Å². The van der Waals surface area contributed by atoms with Crippen LogP contribution >= 0.6 is 0 Å². The number of guanidine groups is 1. The number of halogens is 1. The molecule has 28 heavy (non-hydrogen) atoms. The topological polar surface area (TPSA) is 91.6 Å². The molecule has 3 N–H and O–H groups in total. The summed E-state index contributed by atoms with van der Waals surface area (Å²) >= 11 is 0. The number of H-pyrrole nitrogens is 1. The minimum absolute atomic E-state index is 0.153. The van der Waals surface area contributed by atoms with Crippen LogP contribution in [0.3, 0.4) is 0 Å². The largest absolute Gasteiger partial charge is 0.369 e. The summed E-state index contributed by atoms with van der Waals surface area (Å²) in [5.74, 6) is -1.03. The fraction of sp³-hybridized carbons (Fsp3) is 0.250. The van der Waals surface area contributed by atoms with Gasteiger partial charge in [0.1, 0.15) is 11.4 Å². The molecule has 2 heterocycles. The van der Waals surface area contributed by atoms with E-state index in [0.717, 1.165) is 32.0 Å². The van der Waals surface area contributed by atoms with E-state index in [2.05, 4.69) is 9.98 Å². The lowest BCUT2D eigenvalue weighted by Gasteiger charge is -2.34. The summed E-state index contributed by atoms with van der Waals surface area (Å²) in [7, 11) is -2.34. The van der Waals surface area contributed by atoms with Gasteiger partial charge in [0.25, 0.3) is 0 Å². The number of aryl methyl sites for hydroxylation is 1. The highest BCUT2D eigenvalue weighted by molar-refractivity contribution is 7.89. The first-order chi connectivity index (χ1) is 13.1. The van der Waals surface area contributed by atoms with Crippen LogP contribution in [0.5, 0.6) is 0 Å². The average Bonchev–Trinajstić information content (AvgIpc) is 3.02. The Morgan fingerprint density at radius 2 is 1.96 bits per heavy atom. The van der Waals surface area contributed by atoms with Crippen molar-refractivity contribution in [1.29, 1.82) is 0 Å². The Hall–Kier alpha value is -2.87. The van der Waals surface area contributed by atoms with Crippen molar-refractivity contribution in [2.75, 3.05) is 12.8 Å². The van der Waals surface area contributed by atoms with Crippen LogP contribution < -0.4 is 5.73 Å². The molecule has 1 atom stereocenters. The number of nitrogens with one attached hydrogen (secondary N) is 1. The highest BCUT2D eigenvalue weighted by Crippen LogP contribution is 2.36. The van der Waals surface area contributed by atoms with E-state index in [1.54, 1.807) is 19.1 Å². The van der Waals surface area contributed by atoms with E-state index in [9.17, 15) is 12.8 Å². The summed E-state index contributed by atoms with van der Waals surface area (Å²) in [6, 6.07) is 12.7. The molecule has 0 amide bonds. The van der Waals surface area contributed by atoms with Crippen LogP contribution in [0.4, 0.5) is 4.39 Å². The zero-order valence-corrected chi connectivity index (χ0v) is 16.6. The van der Waals surface area contributed by atoms with Gasteiger partial charge in [-0.15, -0.1) is 0 Å². The van der Waals surface area contributed by atoms with Crippen LogP contribution in [0, 0.1) is 12.7 Å². The predicted octanol–water partition coefficient (Wildman–Crippen LogP) is 3.09. The fourth-order valence-corrected chi connectivity index (χ4v) is 5.04. The third-order valence-electron chi connectivity index (χ3n) is 5.20. The van der Waals surface area contributed by atoms with Gasteiger partial charge in [-0.2, -0.15) is 0 Å². The molecule has 8 heteroatoms. The maximum atomic E-state index is 14.7. The number of nitrogens with two attached hydrogens (primary N) is 1. The van der Waals surface area contributed by atoms with E-state index in [1.165, 1.54) is 13.1 Å². The van der Waals surface area contributed by atoms with Gasteiger partial charge in [-0.3, -0.25) is 0 Å². The van der Waals surface area contributed by atoms with E-state index in [-0.39, 0.29) is 17.3 Å². The molecule has 4 rings (SSSR count). The first kappa shape index (κ1) is 18.5. The van der Waals surface area contributed by atoms with Crippen molar-refractivity contribution in [2.45, 2.75) is 19.4 Å². The SMILES string of the molecule is Cc1ccc2cc(-c3ccc(F)c([C@]4(C)CS(=O)(=O)N(C)C(N)=N4)c3)[nH]c2c1.